The van der Waals surface area contributed by atoms with Gasteiger partial charge in [0.05, 0.1) is 5.00 Å². The van der Waals surface area contributed by atoms with Gasteiger partial charge in [-0.15, -0.1) is 11.3 Å². The lowest BCUT2D eigenvalue weighted by atomic mass is 10.2. The molecule has 4 heteroatoms. The molecule has 2 rings (SSSR count). The lowest BCUT2D eigenvalue weighted by Crippen LogP contribution is -2.12. The average molecular weight is 247 g/mol. The largest absolute Gasteiger partial charge is 0.444 e. The van der Waals surface area contributed by atoms with Crippen molar-refractivity contribution in [2.75, 3.05) is 5.32 Å². The molecule has 1 heterocycles. The summed E-state index contributed by atoms with van der Waals surface area (Å²) in [7, 11) is 0. The summed E-state index contributed by atoms with van der Waals surface area (Å²) in [6.45, 7) is 2.31. The second-order valence-electron chi connectivity index (χ2n) is 3.66. The first kappa shape index (κ1) is 11.7. The SMILES string of the molecule is Cc1ccc(COC(=O)Nc2cccs2)cc1. The van der Waals surface area contributed by atoms with E-state index in [0.29, 0.717) is 0 Å². The van der Waals surface area contributed by atoms with Crippen LogP contribution in [0.4, 0.5) is 9.80 Å². The molecule has 0 aliphatic rings. The first-order valence-corrected chi connectivity index (χ1v) is 6.15. The standard InChI is InChI=1S/C13H13NO2S/c1-10-4-6-11(7-5-10)9-16-13(15)14-12-3-2-8-17-12/h2-8H,9H2,1H3,(H,14,15). The molecule has 0 fully saturated rings. The highest BCUT2D eigenvalue weighted by Crippen LogP contribution is 2.15. The number of aryl methyl sites for hydroxylation is 1. The smallest absolute Gasteiger partial charge is 0.412 e. The van der Waals surface area contributed by atoms with E-state index < -0.39 is 6.09 Å². The van der Waals surface area contributed by atoms with Crippen molar-refractivity contribution in [2.45, 2.75) is 13.5 Å². The molecular formula is C13H13NO2S. The van der Waals surface area contributed by atoms with E-state index in [0.717, 1.165) is 10.6 Å². The molecule has 0 unspecified atom stereocenters. The predicted octanol–water partition coefficient (Wildman–Crippen LogP) is 3.81. The van der Waals surface area contributed by atoms with Crippen LogP contribution in [0.25, 0.3) is 0 Å². The van der Waals surface area contributed by atoms with Crippen LogP contribution in [0, 0.1) is 6.92 Å². The van der Waals surface area contributed by atoms with E-state index in [-0.39, 0.29) is 6.61 Å². The van der Waals surface area contributed by atoms with Crippen molar-refractivity contribution >= 4 is 22.4 Å². The van der Waals surface area contributed by atoms with E-state index >= 15 is 0 Å². The van der Waals surface area contributed by atoms with Gasteiger partial charge in [0.25, 0.3) is 0 Å². The third-order valence-corrected chi connectivity index (χ3v) is 3.02. The Morgan fingerprint density at radius 3 is 2.71 bits per heavy atom. The highest BCUT2D eigenvalue weighted by molar-refractivity contribution is 7.14. The molecule has 17 heavy (non-hydrogen) atoms. The van der Waals surface area contributed by atoms with E-state index in [1.807, 2.05) is 48.7 Å². The molecule has 0 aliphatic carbocycles. The molecular weight excluding hydrogens is 234 g/mol. The van der Waals surface area contributed by atoms with E-state index in [1.165, 1.54) is 16.9 Å². The number of hydrogen-bond donors (Lipinski definition) is 1. The van der Waals surface area contributed by atoms with E-state index in [2.05, 4.69) is 5.32 Å². The fourth-order valence-corrected chi connectivity index (χ4v) is 1.92. The summed E-state index contributed by atoms with van der Waals surface area (Å²) in [5.41, 5.74) is 2.17. The summed E-state index contributed by atoms with van der Waals surface area (Å²) < 4.78 is 5.10. The maximum atomic E-state index is 11.4. The van der Waals surface area contributed by atoms with Gasteiger partial charge >= 0.3 is 6.09 Å². The number of carbonyl (C=O) groups excluding carboxylic acids is 1. The second kappa shape index (κ2) is 5.50. The van der Waals surface area contributed by atoms with Crippen molar-refractivity contribution in [2.24, 2.45) is 0 Å². The summed E-state index contributed by atoms with van der Waals surface area (Å²) in [6.07, 6.45) is -0.423. The lowest BCUT2D eigenvalue weighted by molar-refractivity contribution is 0.155. The van der Waals surface area contributed by atoms with Gasteiger partial charge in [0.15, 0.2) is 0 Å². The summed E-state index contributed by atoms with van der Waals surface area (Å²) in [5, 5.41) is 5.35. The normalized spacial score (nSPS) is 9.94. The van der Waals surface area contributed by atoms with Crippen LogP contribution in [0.15, 0.2) is 41.8 Å². The maximum Gasteiger partial charge on any atom is 0.412 e. The number of hydrogen-bond acceptors (Lipinski definition) is 3. The number of rotatable bonds is 3. The van der Waals surface area contributed by atoms with Crippen LogP contribution < -0.4 is 5.32 Å². The van der Waals surface area contributed by atoms with Crippen LogP contribution in [-0.2, 0) is 11.3 Å². The number of anilines is 1. The number of benzene rings is 1. The zero-order valence-electron chi connectivity index (χ0n) is 9.47. The van der Waals surface area contributed by atoms with Crippen molar-refractivity contribution in [3.63, 3.8) is 0 Å². The van der Waals surface area contributed by atoms with E-state index in [9.17, 15) is 4.79 Å². The number of carbonyl (C=O) groups is 1. The van der Waals surface area contributed by atoms with Crippen molar-refractivity contribution in [3.05, 3.63) is 52.9 Å². The Hall–Kier alpha value is -1.81. The molecule has 0 spiro atoms. The van der Waals surface area contributed by atoms with Crippen LogP contribution in [0.3, 0.4) is 0 Å². The molecule has 0 aliphatic heterocycles. The molecule has 0 bridgehead atoms. The number of nitrogens with one attached hydrogen (secondary N) is 1. The molecule has 0 atom stereocenters. The number of amides is 1. The Balaban J connectivity index is 1.82. The highest BCUT2D eigenvalue weighted by atomic mass is 32.1. The monoisotopic (exact) mass is 247 g/mol. The molecule has 1 N–H and O–H groups in total. The van der Waals surface area contributed by atoms with Gasteiger partial charge in [0.1, 0.15) is 6.61 Å². The van der Waals surface area contributed by atoms with Crippen LogP contribution >= 0.6 is 11.3 Å². The van der Waals surface area contributed by atoms with Gasteiger partial charge in [0.2, 0.25) is 0 Å². The minimum Gasteiger partial charge on any atom is -0.444 e. The van der Waals surface area contributed by atoms with Crippen LogP contribution in [-0.4, -0.2) is 6.09 Å². The molecule has 1 amide bonds. The van der Waals surface area contributed by atoms with Crippen molar-refractivity contribution in [1.82, 2.24) is 0 Å². The second-order valence-corrected chi connectivity index (χ2v) is 4.61. The van der Waals surface area contributed by atoms with Gasteiger partial charge in [-0.1, -0.05) is 29.8 Å². The molecule has 3 nitrogen and oxygen atoms in total. The fourth-order valence-electron chi connectivity index (χ4n) is 1.32. The summed E-state index contributed by atoms with van der Waals surface area (Å²) in [6, 6.07) is 11.6. The van der Waals surface area contributed by atoms with Gasteiger partial charge < -0.3 is 4.74 Å². The summed E-state index contributed by atoms with van der Waals surface area (Å²) in [4.78, 5) is 11.4. The minimum atomic E-state index is -0.423. The quantitative estimate of drug-likeness (QED) is 0.895. The average Bonchev–Trinajstić information content (AvgIpc) is 2.81. The third-order valence-electron chi connectivity index (χ3n) is 2.24. The maximum absolute atomic E-state index is 11.4. The molecule has 1 aromatic heterocycles. The van der Waals surface area contributed by atoms with Crippen LogP contribution in [0.5, 0.6) is 0 Å². The summed E-state index contributed by atoms with van der Waals surface area (Å²) >= 11 is 1.46. The zero-order valence-corrected chi connectivity index (χ0v) is 10.3. The predicted molar refractivity (Wildman–Crippen MR) is 69.3 cm³/mol. The fraction of sp³-hybridized carbons (Fsp3) is 0.154. The molecule has 88 valence electrons. The first-order chi connectivity index (χ1) is 8.24. The van der Waals surface area contributed by atoms with Crippen molar-refractivity contribution in [1.29, 1.82) is 0 Å². The van der Waals surface area contributed by atoms with Crippen LogP contribution in [0.2, 0.25) is 0 Å². The molecule has 0 saturated carbocycles. The van der Waals surface area contributed by atoms with Gasteiger partial charge in [-0.3, -0.25) is 5.32 Å². The van der Waals surface area contributed by atoms with Gasteiger partial charge in [-0.25, -0.2) is 4.79 Å². The Morgan fingerprint density at radius 2 is 2.06 bits per heavy atom. The topological polar surface area (TPSA) is 38.3 Å². The Labute approximate surface area is 104 Å². The Kier molecular flexibility index (Phi) is 3.77. The van der Waals surface area contributed by atoms with E-state index in [4.69, 9.17) is 4.74 Å². The zero-order chi connectivity index (χ0) is 12.1. The highest BCUT2D eigenvalue weighted by Gasteiger charge is 2.03. The number of ether oxygens (including phenoxy) is 1. The Bertz CT molecular complexity index is 477. The lowest BCUT2D eigenvalue weighted by Gasteiger charge is -2.05. The molecule has 0 radical (unpaired) electrons. The van der Waals surface area contributed by atoms with Crippen molar-refractivity contribution in [3.8, 4) is 0 Å². The Morgan fingerprint density at radius 1 is 1.29 bits per heavy atom. The first-order valence-electron chi connectivity index (χ1n) is 5.27. The summed E-state index contributed by atoms with van der Waals surface area (Å²) in [5.74, 6) is 0. The van der Waals surface area contributed by atoms with Gasteiger partial charge in [-0.05, 0) is 30.0 Å². The number of thiophene rings is 1. The van der Waals surface area contributed by atoms with Gasteiger partial charge in [0, 0.05) is 0 Å². The third kappa shape index (κ3) is 3.60. The molecule has 2 aromatic rings. The van der Waals surface area contributed by atoms with E-state index in [1.54, 1.807) is 0 Å². The van der Waals surface area contributed by atoms with Crippen molar-refractivity contribution < 1.29 is 9.53 Å². The minimum absolute atomic E-state index is 0.289. The van der Waals surface area contributed by atoms with Crippen LogP contribution in [0.1, 0.15) is 11.1 Å². The van der Waals surface area contributed by atoms with Gasteiger partial charge in [-0.2, -0.15) is 0 Å². The molecule has 1 aromatic carbocycles. The molecule has 0 saturated heterocycles.